The van der Waals surface area contributed by atoms with E-state index in [0.29, 0.717) is 11.9 Å². The number of hydrogen-bond acceptors (Lipinski definition) is 4. The quantitative estimate of drug-likeness (QED) is 0.611. The van der Waals surface area contributed by atoms with Crippen molar-refractivity contribution in [3.05, 3.63) is 24.3 Å². The Balaban J connectivity index is 1.77. The van der Waals surface area contributed by atoms with E-state index in [9.17, 15) is 0 Å². The Morgan fingerprint density at radius 1 is 1.35 bits per heavy atom. The summed E-state index contributed by atoms with van der Waals surface area (Å²) in [6.45, 7) is 8.61. The Morgan fingerprint density at radius 3 is 2.78 bits per heavy atom. The predicted molar refractivity (Wildman–Crippen MR) is 96.2 cm³/mol. The van der Waals surface area contributed by atoms with Crippen LogP contribution in [0.15, 0.2) is 29.3 Å². The molecule has 1 unspecified atom stereocenters. The number of aliphatic imine (C=N–C) groups is 1. The average molecular weight is 319 g/mol. The zero-order chi connectivity index (χ0) is 16.7. The zero-order valence-corrected chi connectivity index (χ0v) is 14.5. The Morgan fingerprint density at radius 2 is 2.09 bits per heavy atom. The molecule has 0 radical (unpaired) electrons. The normalized spacial score (nSPS) is 18.7. The summed E-state index contributed by atoms with van der Waals surface area (Å²) in [5.74, 6) is 1.73. The molecule has 0 aromatic heterocycles. The molecular formula is C17H29N5O. The fourth-order valence-electron chi connectivity index (χ4n) is 2.67. The predicted octanol–water partition coefficient (Wildman–Crippen LogP) is 1.31. The lowest BCUT2D eigenvalue weighted by molar-refractivity contribution is 0.140. The highest BCUT2D eigenvalue weighted by molar-refractivity contribution is 5.92. The minimum atomic E-state index is 0.448. The number of guanidine groups is 1. The van der Waals surface area contributed by atoms with E-state index in [2.05, 4.69) is 34.1 Å². The van der Waals surface area contributed by atoms with Crippen LogP contribution in [0.3, 0.4) is 0 Å². The molecule has 1 aromatic carbocycles. The van der Waals surface area contributed by atoms with Crippen LogP contribution >= 0.6 is 0 Å². The summed E-state index contributed by atoms with van der Waals surface area (Å²) in [4.78, 5) is 9.34. The minimum absolute atomic E-state index is 0.448. The van der Waals surface area contributed by atoms with Crippen molar-refractivity contribution < 1.29 is 4.74 Å². The summed E-state index contributed by atoms with van der Waals surface area (Å²) in [6.07, 6.45) is 0. The van der Waals surface area contributed by atoms with E-state index in [0.717, 1.165) is 50.7 Å². The van der Waals surface area contributed by atoms with Crippen molar-refractivity contribution in [3.8, 4) is 5.75 Å². The van der Waals surface area contributed by atoms with Crippen molar-refractivity contribution in [2.75, 3.05) is 58.7 Å². The molecule has 23 heavy (non-hydrogen) atoms. The number of nitrogens with one attached hydrogen (secondary N) is 1. The Bertz CT molecular complexity index is 511. The van der Waals surface area contributed by atoms with Crippen LogP contribution in [0.2, 0.25) is 0 Å². The summed E-state index contributed by atoms with van der Waals surface area (Å²) in [5.41, 5.74) is 6.86. The summed E-state index contributed by atoms with van der Waals surface area (Å²) in [6, 6.07) is 7.66. The van der Waals surface area contributed by atoms with Crippen LogP contribution in [0.25, 0.3) is 0 Å². The van der Waals surface area contributed by atoms with Gasteiger partial charge >= 0.3 is 0 Å². The Kier molecular flexibility index (Phi) is 6.67. The van der Waals surface area contributed by atoms with Gasteiger partial charge in [-0.1, -0.05) is 13.0 Å². The summed E-state index contributed by atoms with van der Waals surface area (Å²) < 4.78 is 5.20. The highest BCUT2D eigenvalue weighted by Crippen LogP contribution is 2.16. The molecule has 1 heterocycles. The van der Waals surface area contributed by atoms with Gasteiger partial charge in [-0.3, -0.25) is 4.99 Å². The van der Waals surface area contributed by atoms with E-state index >= 15 is 0 Å². The van der Waals surface area contributed by atoms with Crippen LogP contribution in [-0.4, -0.2) is 69.2 Å². The van der Waals surface area contributed by atoms with Gasteiger partial charge in [0, 0.05) is 51.0 Å². The lowest BCUT2D eigenvalue weighted by atomic mass is 10.1. The molecule has 1 aliphatic rings. The van der Waals surface area contributed by atoms with Gasteiger partial charge in [-0.15, -0.1) is 0 Å². The first-order chi connectivity index (χ1) is 11.1. The van der Waals surface area contributed by atoms with Gasteiger partial charge in [0.05, 0.1) is 7.11 Å². The lowest BCUT2D eigenvalue weighted by Gasteiger charge is -2.33. The van der Waals surface area contributed by atoms with E-state index in [1.54, 1.807) is 7.11 Å². The summed E-state index contributed by atoms with van der Waals surface area (Å²) in [5, 5.41) is 3.11. The van der Waals surface area contributed by atoms with Gasteiger partial charge in [-0.05, 0) is 25.1 Å². The topological polar surface area (TPSA) is 66.1 Å². The van der Waals surface area contributed by atoms with Crippen LogP contribution in [0, 0.1) is 5.92 Å². The number of piperazine rings is 1. The largest absolute Gasteiger partial charge is 0.497 e. The second kappa shape index (κ2) is 8.74. The van der Waals surface area contributed by atoms with Crippen molar-refractivity contribution in [1.82, 2.24) is 9.80 Å². The number of nitrogens with two attached hydrogens (primary N) is 1. The van der Waals surface area contributed by atoms with Crippen molar-refractivity contribution in [3.63, 3.8) is 0 Å². The molecule has 1 aromatic rings. The lowest BCUT2D eigenvalue weighted by Crippen LogP contribution is -2.46. The van der Waals surface area contributed by atoms with Crippen LogP contribution in [0.5, 0.6) is 5.75 Å². The second-order valence-corrected chi connectivity index (χ2v) is 6.29. The van der Waals surface area contributed by atoms with Gasteiger partial charge in [0.1, 0.15) is 5.75 Å². The monoisotopic (exact) mass is 319 g/mol. The van der Waals surface area contributed by atoms with Crippen molar-refractivity contribution in [2.24, 2.45) is 16.6 Å². The first-order valence-corrected chi connectivity index (χ1v) is 8.18. The summed E-state index contributed by atoms with van der Waals surface area (Å²) in [7, 11) is 3.83. The molecule has 0 bridgehead atoms. The van der Waals surface area contributed by atoms with E-state index in [4.69, 9.17) is 10.5 Å². The van der Waals surface area contributed by atoms with E-state index in [1.807, 2.05) is 24.3 Å². The molecule has 0 amide bonds. The summed E-state index contributed by atoms with van der Waals surface area (Å²) >= 11 is 0. The van der Waals surface area contributed by atoms with Crippen LogP contribution in [0.1, 0.15) is 6.92 Å². The average Bonchev–Trinajstić information content (AvgIpc) is 2.55. The standard InChI is InChI=1S/C17H29N5O/c1-14(13-22-9-7-21(2)8-10-22)12-19-17(18)20-15-5-4-6-16(11-15)23-3/h4-6,11,14H,7-10,12-13H2,1-3H3,(H3,18,19,20). The molecule has 0 saturated carbocycles. The third-order valence-electron chi connectivity index (χ3n) is 4.08. The van der Waals surface area contributed by atoms with E-state index in [1.165, 1.54) is 0 Å². The second-order valence-electron chi connectivity index (χ2n) is 6.29. The smallest absolute Gasteiger partial charge is 0.193 e. The number of likely N-dealkylation sites (N-methyl/N-ethyl adjacent to an activating group) is 1. The Hall–Kier alpha value is -1.79. The first kappa shape index (κ1) is 17.6. The first-order valence-electron chi connectivity index (χ1n) is 8.18. The highest BCUT2D eigenvalue weighted by Gasteiger charge is 2.15. The maximum atomic E-state index is 5.97. The molecule has 1 aliphatic heterocycles. The van der Waals surface area contributed by atoms with Gasteiger partial charge in [-0.2, -0.15) is 0 Å². The molecule has 1 fully saturated rings. The molecule has 2 rings (SSSR count). The number of rotatable bonds is 6. The number of hydrogen-bond donors (Lipinski definition) is 2. The molecule has 1 saturated heterocycles. The van der Waals surface area contributed by atoms with Crippen LogP contribution in [0.4, 0.5) is 5.69 Å². The van der Waals surface area contributed by atoms with Crippen LogP contribution in [-0.2, 0) is 0 Å². The van der Waals surface area contributed by atoms with E-state index < -0.39 is 0 Å². The van der Waals surface area contributed by atoms with Gasteiger partial charge in [0.2, 0.25) is 0 Å². The number of anilines is 1. The molecule has 0 aliphatic carbocycles. The third kappa shape index (κ3) is 6.08. The zero-order valence-electron chi connectivity index (χ0n) is 14.5. The third-order valence-corrected chi connectivity index (χ3v) is 4.08. The number of ether oxygens (including phenoxy) is 1. The van der Waals surface area contributed by atoms with E-state index in [-0.39, 0.29) is 0 Å². The molecule has 1 atom stereocenters. The maximum absolute atomic E-state index is 5.97. The van der Waals surface area contributed by atoms with Gasteiger partial charge in [-0.25, -0.2) is 0 Å². The molecule has 6 heteroatoms. The number of methoxy groups -OCH3 is 1. The number of nitrogens with zero attached hydrogens (tertiary/aromatic N) is 3. The van der Waals surface area contributed by atoms with Crippen LogP contribution < -0.4 is 15.8 Å². The molecule has 6 nitrogen and oxygen atoms in total. The van der Waals surface area contributed by atoms with Crippen molar-refractivity contribution in [1.29, 1.82) is 0 Å². The van der Waals surface area contributed by atoms with Gasteiger partial charge < -0.3 is 25.6 Å². The molecule has 3 N–H and O–H groups in total. The molecule has 0 spiro atoms. The molecular weight excluding hydrogens is 290 g/mol. The fraction of sp³-hybridized carbons (Fsp3) is 0.588. The van der Waals surface area contributed by atoms with Gasteiger partial charge in [0.15, 0.2) is 5.96 Å². The SMILES string of the molecule is COc1cccc(NC(N)=NCC(C)CN2CCN(C)CC2)c1. The van der Waals surface area contributed by atoms with Gasteiger partial charge in [0.25, 0.3) is 0 Å². The van der Waals surface area contributed by atoms with Crippen molar-refractivity contribution in [2.45, 2.75) is 6.92 Å². The number of benzene rings is 1. The Labute approximate surface area is 139 Å². The molecule has 128 valence electrons. The minimum Gasteiger partial charge on any atom is -0.497 e. The fourth-order valence-corrected chi connectivity index (χ4v) is 2.67. The van der Waals surface area contributed by atoms with Crippen molar-refractivity contribution >= 4 is 11.6 Å². The maximum Gasteiger partial charge on any atom is 0.193 e. The highest BCUT2D eigenvalue weighted by atomic mass is 16.5.